The maximum Gasteiger partial charge on any atom is 0.306 e. The van der Waals surface area contributed by atoms with E-state index in [0.717, 1.165) is 12.8 Å². The van der Waals surface area contributed by atoms with Gasteiger partial charge in [0, 0.05) is 19.3 Å². The average Bonchev–Trinajstić information content (AvgIpc) is 2.60. The highest BCUT2D eigenvalue weighted by atomic mass is 16.5. The van der Waals surface area contributed by atoms with Crippen molar-refractivity contribution in [2.24, 2.45) is 0 Å². The molecule has 0 radical (unpaired) electrons. The molecule has 0 saturated heterocycles. The van der Waals surface area contributed by atoms with Gasteiger partial charge in [-0.25, -0.2) is 0 Å². The lowest BCUT2D eigenvalue weighted by molar-refractivity contribution is -0.151. The summed E-state index contributed by atoms with van der Waals surface area (Å²) in [4.78, 5) is 22.3. The summed E-state index contributed by atoms with van der Waals surface area (Å²) >= 11 is 0. The van der Waals surface area contributed by atoms with Gasteiger partial charge < -0.3 is 20.1 Å². The van der Waals surface area contributed by atoms with Gasteiger partial charge in [-0.1, -0.05) is 51.9 Å². The SMILES string of the molecule is CCCCCCCCCCC(CC(O)CO)OC(=O)CCCCC(=O)O. The Balaban J connectivity index is 3.99. The van der Waals surface area contributed by atoms with Gasteiger partial charge >= 0.3 is 11.9 Å². The van der Waals surface area contributed by atoms with Crippen molar-refractivity contribution >= 4 is 11.9 Å². The number of hydrogen-bond donors (Lipinski definition) is 3. The molecule has 0 heterocycles. The number of hydrogen-bond acceptors (Lipinski definition) is 5. The minimum Gasteiger partial charge on any atom is -0.481 e. The molecular weight excluding hydrogens is 336 g/mol. The Morgan fingerprint density at radius 2 is 1.46 bits per heavy atom. The maximum absolute atomic E-state index is 11.9. The fourth-order valence-corrected chi connectivity index (χ4v) is 2.90. The normalized spacial score (nSPS) is 13.3. The molecule has 0 rings (SSSR count). The lowest BCUT2D eigenvalue weighted by atomic mass is 10.0. The molecule has 3 N–H and O–H groups in total. The van der Waals surface area contributed by atoms with Gasteiger partial charge in [-0.2, -0.15) is 0 Å². The lowest BCUT2D eigenvalue weighted by Crippen LogP contribution is -2.26. The van der Waals surface area contributed by atoms with E-state index in [-0.39, 0.29) is 37.9 Å². The topological polar surface area (TPSA) is 104 Å². The molecule has 0 aromatic rings. The van der Waals surface area contributed by atoms with E-state index in [0.29, 0.717) is 19.3 Å². The summed E-state index contributed by atoms with van der Waals surface area (Å²) in [7, 11) is 0. The molecule has 6 nitrogen and oxygen atoms in total. The number of ether oxygens (including phenoxy) is 1. The van der Waals surface area contributed by atoms with Crippen LogP contribution in [-0.4, -0.2) is 46.1 Å². The summed E-state index contributed by atoms with van der Waals surface area (Å²) in [5, 5.41) is 27.2. The molecule has 154 valence electrons. The Labute approximate surface area is 157 Å². The Hall–Kier alpha value is -1.14. The van der Waals surface area contributed by atoms with E-state index in [4.69, 9.17) is 14.9 Å². The van der Waals surface area contributed by atoms with Gasteiger partial charge in [0.2, 0.25) is 0 Å². The largest absolute Gasteiger partial charge is 0.481 e. The second kappa shape index (κ2) is 17.3. The summed E-state index contributed by atoms with van der Waals surface area (Å²) < 4.78 is 5.43. The van der Waals surface area contributed by atoms with Gasteiger partial charge in [-0.05, 0) is 25.7 Å². The first kappa shape index (κ1) is 24.9. The predicted molar refractivity (Wildman–Crippen MR) is 101 cm³/mol. The third-order valence-corrected chi connectivity index (χ3v) is 4.45. The van der Waals surface area contributed by atoms with E-state index in [1.165, 1.54) is 38.5 Å². The van der Waals surface area contributed by atoms with Gasteiger partial charge in [0.05, 0.1) is 12.7 Å². The summed E-state index contributed by atoms with van der Waals surface area (Å²) in [6.07, 6.45) is 10.4. The van der Waals surface area contributed by atoms with E-state index in [2.05, 4.69) is 6.92 Å². The van der Waals surface area contributed by atoms with Crippen molar-refractivity contribution in [2.45, 2.75) is 109 Å². The van der Waals surface area contributed by atoms with Crippen molar-refractivity contribution in [1.82, 2.24) is 0 Å². The molecule has 2 unspecified atom stereocenters. The van der Waals surface area contributed by atoms with Crippen molar-refractivity contribution in [1.29, 1.82) is 0 Å². The first-order valence-corrected chi connectivity index (χ1v) is 10.2. The van der Waals surface area contributed by atoms with E-state index in [9.17, 15) is 14.7 Å². The molecule has 6 heteroatoms. The van der Waals surface area contributed by atoms with Gasteiger partial charge in [0.25, 0.3) is 0 Å². The zero-order valence-corrected chi connectivity index (χ0v) is 16.3. The van der Waals surface area contributed by atoms with Crippen LogP contribution in [0, 0.1) is 0 Å². The molecule has 0 aliphatic heterocycles. The van der Waals surface area contributed by atoms with E-state index in [1.54, 1.807) is 0 Å². The molecule has 0 aromatic carbocycles. The average molecular weight is 375 g/mol. The zero-order valence-electron chi connectivity index (χ0n) is 16.3. The van der Waals surface area contributed by atoms with E-state index < -0.39 is 12.1 Å². The summed E-state index contributed by atoms with van der Waals surface area (Å²) in [5.41, 5.74) is 0. The van der Waals surface area contributed by atoms with Gasteiger partial charge in [0.1, 0.15) is 6.10 Å². The number of carbonyl (C=O) groups excluding carboxylic acids is 1. The monoisotopic (exact) mass is 374 g/mol. The standard InChI is InChI=1S/C20H38O6/c1-2-3-4-5-6-7-8-9-12-18(15-17(22)16-21)26-20(25)14-11-10-13-19(23)24/h17-18,21-22H,2-16H2,1H3,(H,23,24). The number of aliphatic hydroxyl groups excluding tert-OH is 2. The smallest absolute Gasteiger partial charge is 0.306 e. The molecule has 26 heavy (non-hydrogen) atoms. The Kier molecular flexibility index (Phi) is 16.5. The van der Waals surface area contributed by atoms with Crippen molar-refractivity contribution in [3.05, 3.63) is 0 Å². The summed E-state index contributed by atoms with van der Waals surface area (Å²) in [6, 6.07) is 0. The van der Waals surface area contributed by atoms with E-state index in [1.807, 2.05) is 0 Å². The van der Waals surface area contributed by atoms with Crippen molar-refractivity contribution in [3.8, 4) is 0 Å². The van der Waals surface area contributed by atoms with Crippen LogP contribution in [0.3, 0.4) is 0 Å². The third kappa shape index (κ3) is 16.3. The van der Waals surface area contributed by atoms with Gasteiger partial charge in [-0.15, -0.1) is 0 Å². The van der Waals surface area contributed by atoms with Crippen LogP contribution in [0.15, 0.2) is 0 Å². The fourth-order valence-electron chi connectivity index (χ4n) is 2.90. The van der Waals surface area contributed by atoms with Crippen LogP contribution in [0.5, 0.6) is 0 Å². The van der Waals surface area contributed by atoms with Crippen molar-refractivity contribution < 1.29 is 29.6 Å². The molecule has 0 saturated carbocycles. The number of rotatable bonds is 18. The minimum atomic E-state index is -0.881. The summed E-state index contributed by atoms with van der Waals surface area (Å²) in [5.74, 6) is -1.22. The van der Waals surface area contributed by atoms with Crippen LogP contribution in [0.25, 0.3) is 0 Å². The number of esters is 1. The molecule has 0 aliphatic carbocycles. The van der Waals surface area contributed by atoms with E-state index >= 15 is 0 Å². The second-order valence-electron chi connectivity index (χ2n) is 7.05. The molecule has 0 fully saturated rings. The number of carboxylic acid groups (broad SMARTS) is 1. The fraction of sp³-hybridized carbons (Fsp3) is 0.900. The third-order valence-electron chi connectivity index (χ3n) is 4.45. The highest BCUT2D eigenvalue weighted by molar-refractivity contribution is 5.70. The van der Waals surface area contributed by atoms with Gasteiger partial charge in [0.15, 0.2) is 0 Å². The first-order chi connectivity index (χ1) is 12.5. The molecule has 0 amide bonds. The summed E-state index contributed by atoms with van der Waals surface area (Å²) in [6.45, 7) is 1.86. The van der Waals surface area contributed by atoms with Crippen molar-refractivity contribution in [2.75, 3.05) is 6.61 Å². The molecule has 0 aromatic heterocycles. The quantitative estimate of drug-likeness (QED) is 0.249. The van der Waals surface area contributed by atoms with Gasteiger partial charge in [-0.3, -0.25) is 9.59 Å². The second-order valence-corrected chi connectivity index (χ2v) is 7.05. The number of carboxylic acids is 1. The van der Waals surface area contributed by atoms with Crippen LogP contribution in [0.2, 0.25) is 0 Å². The molecule has 0 spiro atoms. The van der Waals surface area contributed by atoms with Crippen LogP contribution in [-0.2, 0) is 14.3 Å². The van der Waals surface area contributed by atoms with Crippen molar-refractivity contribution in [3.63, 3.8) is 0 Å². The Bertz CT molecular complexity index is 358. The molecular formula is C20H38O6. The Morgan fingerprint density at radius 1 is 0.885 bits per heavy atom. The van der Waals surface area contributed by atoms with Crippen LogP contribution < -0.4 is 0 Å². The number of aliphatic hydroxyl groups is 2. The first-order valence-electron chi connectivity index (χ1n) is 10.2. The van der Waals surface area contributed by atoms with Crippen LogP contribution in [0.4, 0.5) is 0 Å². The highest BCUT2D eigenvalue weighted by Gasteiger charge is 2.18. The number of aliphatic carboxylic acids is 1. The Morgan fingerprint density at radius 3 is 2.04 bits per heavy atom. The molecule has 0 bridgehead atoms. The lowest BCUT2D eigenvalue weighted by Gasteiger charge is -2.20. The van der Waals surface area contributed by atoms with Crippen LogP contribution in [0.1, 0.15) is 96.8 Å². The maximum atomic E-state index is 11.9. The minimum absolute atomic E-state index is 0.0538. The predicted octanol–water partition coefficient (Wildman–Crippen LogP) is 3.82. The zero-order chi connectivity index (χ0) is 19.6. The molecule has 0 aliphatic rings. The number of unbranched alkanes of at least 4 members (excludes halogenated alkanes) is 8. The highest BCUT2D eigenvalue weighted by Crippen LogP contribution is 2.16. The molecule has 2 atom stereocenters. The van der Waals surface area contributed by atoms with Crippen LogP contribution >= 0.6 is 0 Å². The number of carbonyl (C=O) groups is 2.